The maximum atomic E-state index is 14.0. The lowest BCUT2D eigenvalue weighted by Gasteiger charge is -2.10. The molecule has 0 amide bonds. The molecule has 4 rings (SSSR count). The van der Waals surface area contributed by atoms with Gasteiger partial charge in [-0.15, -0.1) is 5.10 Å². The molecule has 11 heteroatoms. The van der Waals surface area contributed by atoms with Gasteiger partial charge in [0, 0.05) is 12.0 Å². The van der Waals surface area contributed by atoms with E-state index in [1.807, 2.05) is 4.72 Å². The highest BCUT2D eigenvalue weighted by Gasteiger charge is 2.26. The minimum absolute atomic E-state index is 0.189. The fraction of sp³-hybridized carbons (Fsp3) is 0.167. The molecular weight excluding hydrogens is 406 g/mol. The maximum Gasteiger partial charge on any atom is 0.338 e. The third-order valence-corrected chi connectivity index (χ3v) is 5.83. The molecule has 1 aliphatic carbocycles. The highest BCUT2D eigenvalue weighted by Crippen LogP contribution is 2.38. The largest absolute Gasteiger partial charge is 0.478 e. The standard InChI is InChI=1S/C18H14F2N4O4S/c19-14-8-16(15(20)7-13(14)18(25)26)22-29(27,28)12-5-3-11(4-6-12)24-9-17(21-23-24)10-1-2-10/h3-10,22H,1-2H2,(H,25,26). The van der Waals surface area contributed by atoms with Gasteiger partial charge in [-0.25, -0.2) is 26.7 Å². The van der Waals surface area contributed by atoms with E-state index < -0.39 is 38.9 Å². The number of aromatic carboxylic acids is 1. The average molecular weight is 420 g/mol. The third-order valence-electron chi connectivity index (χ3n) is 4.45. The molecule has 2 N–H and O–H groups in total. The summed E-state index contributed by atoms with van der Waals surface area (Å²) in [5.41, 5.74) is -0.118. The molecule has 0 bridgehead atoms. The molecule has 0 unspecified atom stereocenters. The lowest BCUT2D eigenvalue weighted by Crippen LogP contribution is -2.15. The lowest BCUT2D eigenvalue weighted by molar-refractivity contribution is 0.0691. The second-order valence-electron chi connectivity index (χ2n) is 6.58. The SMILES string of the molecule is O=C(O)c1cc(F)c(NS(=O)(=O)c2ccc(-n3cc(C4CC4)nn3)cc2)cc1F. The van der Waals surface area contributed by atoms with Crippen LogP contribution >= 0.6 is 0 Å². The summed E-state index contributed by atoms with van der Waals surface area (Å²) in [5, 5.41) is 16.9. The summed E-state index contributed by atoms with van der Waals surface area (Å²) < 4.78 is 56.2. The Kier molecular flexibility index (Phi) is 4.53. The van der Waals surface area contributed by atoms with E-state index in [-0.39, 0.29) is 4.90 Å². The summed E-state index contributed by atoms with van der Waals surface area (Å²) in [6.07, 6.45) is 3.93. The smallest absolute Gasteiger partial charge is 0.338 e. The molecule has 0 aliphatic heterocycles. The second kappa shape index (κ2) is 6.92. The minimum atomic E-state index is -4.23. The van der Waals surface area contributed by atoms with Gasteiger partial charge in [0.25, 0.3) is 10.0 Å². The van der Waals surface area contributed by atoms with Gasteiger partial charge in [-0.05, 0) is 43.2 Å². The van der Waals surface area contributed by atoms with Crippen molar-refractivity contribution in [2.45, 2.75) is 23.7 Å². The molecule has 0 saturated heterocycles. The Bertz CT molecular complexity index is 1210. The number of hydrogen-bond donors (Lipinski definition) is 2. The number of halogens is 2. The Balaban J connectivity index is 1.57. The zero-order chi connectivity index (χ0) is 20.8. The zero-order valence-corrected chi connectivity index (χ0v) is 15.5. The van der Waals surface area contributed by atoms with Crippen molar-refractivity contribution in [1.82, 2.24) is 15.0 Å². The van der Waals surface area contributed by atoms with Crippen LogP contribution in [0.5, 0.6) is 0 Å². The van der Waals surface area contributed by atoms with Crippen molar-refractivity contribution >= 4 is 21.7 Å². The first-order valence-corrected chi connectivity index (χ1v) is 10.0. The summed E-state index contributed by atoms with van der Waals surface area (Å²) in [5.74, 6) is -3.71. The van der Waals surface area contributed by atoms with E-state index in [1.54, 1.807) is 6.20 Å². The van der Waals surface area contributed by atoms with Gasteiger partial charge in [-0.2, -0.15) is 0 Å². The summed E-state index contributed by atoms with van der Waals surface area (Å²) >= 11 is 0. The molecule has 0 radical (unpaired) electrons. The number of aromatic nitrogens is 3. The number of benzene rings is 2. The van der Waals surface area contributed by atoms with Crippen LogP contribution in [0.3, 0.4) is 0 Å². The van der Waals surface area contributed by atoms with Crippen LogP contribution in [-0.4, -0.2) is 34.5 Å². The van der Waals surface area contributed by atoms with E-state index in [9.17, 15) is 22.0 Å². The van der Waals surface area contributed by atoms with Crippen molar-refractivity contribution in [3.05, 3.63) is 65.5 Å². The van der Waals surface area contributed by atoms with Crippen LogP contribution in [0.15, 0.2) is 47.5 Å². The van der Waals surface area contributed by atoms with Gasteiger partial charge < -0.3 is 5.11 Å². The normalized spacial score (nSPS) is 14.0. The van der Waals surface area contributed by atoms with E-state index >= 15 is 0 Å². The van der Waals surface area contributed by atoms with Gasteiger partial charge in [0.1, 0.15) is 11.6 Å². The Hall–Kier alpha value is -3.34. The van der Waals surface area contributed by atoms with Crippen molar-refractivity contribution in [2.24, 2.45) is 0 Å². The number of nitrogens with one attached hydrogen (secondary N) is 1. The Labute approximate surface area is 163 Å². The molecule has 3 aromatic rings. The predicted octanol–water partition coefficient (Wildman–Crippen LogP) is 2.92. The first kappa shape index (κ1) is 19.0. The molecule has 1 aromatic heterocycles. The first-order chi connectivity index (χ1) is 13.7. The molecule has 1 saturated carbocycles. The highest BCUT2D eigenvalue weighted by atomic mass is 32.2. The van der Waals surface area contributed by atoms with Crippen LogP contribution < -0.4 is 4.72 Å². The van der Waals surface area contributed by atoms with E-state index in [0.29, 0.717) is 23.7 Å². The second-order valence-corrected chi connectivity index (χ2v) is 8.26. The van der Waals surface area contributed by atoms with Gasteiger partial charge in [0.05, 0.1) is 33.7 Å². The van der Waals surface area contributed by atoms with Crippen molar-refractivity contribution in [1.29, 1.82) is 0 Å². The van der Waals surface area contributed by atoms with Crippen molar-refractivity contribution in [2.75, 3.05) is 4.72 Å². The Morgan fingerprint density at radius 2 is 1.83 bits per heavy atom. The highest BCUT2D eigenvalue weighted by molar-refractivity contribution is 7.92. The summed E-state index contributed by atoms with van der Waals surface area (Å²) in [4.78, 5) is 10.6. The monoisotopic (exact) mass is 420 g/mol. The number of hydrogen-bond acceptors (Lipinski definition) is 5. The molecule has 0 atom stereocenters. The third kappa shape index (κ3) is 3.81. The predicted molar refractivity (Wildman–Crippen MR) is 97.5 cm³/mol. The van der Waals surface area contributed by atoms with Crippen LogP contribution in [0.1, 0.15) is 34.8 Å². The van der Waals surface area contributed by atoms with E-state index in [0.717, 1.165) is 18.5 Å². The number of rotatable bonds is 6. The zero-order valence-electron chi connectivity index (χ0n) is 14.7. The van der Waals surface area contributed by atoms with Gasteiger partial charge in [-0.3, -0.25) is 4.72 Å². The molecule has 1 heterocycles. The number of nitrogens with zero attached hydrogens (tertiary/aromatic N) is 3. The van der Waals surface area contributed by atoms with Crippen molar-refractivity contribution in [3.63, 3.8) is 0 Å². The molecular formula is C18H14F2N4O4S. The van der Waals surface area contributed by atoms with E-state index in [4.69, 9.17) is 5.11 Å². The molecule has 1 fully saturated rings. The topological polar surface area (TPSA) is 114 Å². The Morgan fingerprint density at radius 1 is 1.14 bits per heavy atom. The molecule has 29 heavy (non-hydrogen) atoms. The fourth-order valence-electron chi connectivity index (χ4n) is 2.74. The quantitative estimate of drug-likeness (QED) is 0.634. The Morgan fingerprint density at radius 3 is 2.45 bits per heavy atom. The van der Waals surface area contributed by atoms with Gasteiger partial charge in [0.2, 0.25) is 0 Å². The first-order valence-electron chi connectivity index (χ1n) is 8.52. The molecule has 1 aliphatic rings. The van der Waals surface area contributed by atoms with Crippen LogP contribution in [0.4, 0.5) is 14.5 Å². The van der Waals surface area contributed by atoms with E-state index in [1.165, 1.54) is 28.9 Å². The number of anilines is 1. The summed E-state index contributed by atoms with van der Waals surface area (Å²) in [6.45, 7) is 0. The van der Waals surface area contributed by atoms with Crippen molar-refractivity contribution in [3.8, 4) is 5.69 Å². The molecule has 8 nitrogen and oxygen atoms in total. The number of carboxylic acid groups (broad SMARTS) is 1. The number of carbonyl (C=O) groups is 1. The number of carboxylic acids is 1. The maximum absolute atomic E-state index is 14.0. The van der Waals surface area contributed by atoms with Gasteiger partial charge >= 0.3 is 5.97 Å². The fourth-order valence-corrected chi connectivity index (χ4v) is 3.80. The van der Waals surface area contributed by atoms with Crippen LogP contribution in [0.25, 0.3) is 5.69 Å². The number of sulfonamides is 1. The molecule has 0 spiro atoms. The van der Waals surface area contributed by atoms with Crippen molar-refractivity contribution < 1.29 is 27.1 Å². The molecule has 2 aromatic carbocycles. The summed E-state index contributed by atoms with van der Waals surface area (Å²) in [6, 6.07) is 6.49. The average Bonchev–Trinajstić information content (AvgIpc) is 3.41. The van der Waals surface area contributed by atoms with Gasteiger partial charge in [0.15, 0.2) is 0 Å². The lowest BCUT2D eigenvalue weighted by atomic mass is 10.2. The summed E-state index contributed by atoms with van der Waals surface area (Å²) in [7, 11) is -4.23. The minimum Gasteiger partial charge on any atom is -0.478 e. The van der Waals surface area contributed by atoms with E-state index in [2.05, 4.69) is 10.3 Å². The molecule has 150 valence electrons. The van der Waals surface area contributed by atoms with Gasteiger partial charge in [-0.1, -0.05) is 5.21 Å². The van der Waals surface area contributed by atoms with Crippen LogP contribution in [-0.2, 0) is 10.0 Å². The van der Waals surface area contributed by atoms with Crippen LogP contribution in [0.2, 0.25) is 0 Å². The van der Waals surface area contributed by atoms with Crippen LogP contribution in [0, 0.1) is 11.6 Å².